The molecule has 2 N–H and O–H groups in total. The number of carbonyl (C=O) groups is 2. The summed E-state index contributed by atoms with van der Waals surface area (Å²) in [4.78, 5) is 23.5. The van der Waals surface area contributed by atoms with Crippen molar-refractivity contribution in [1.29, 1.82) is 0 Å². The van der Waals surface area contributed by atoms with Crippen molar-refractivity contribution in [3.63, 3.8) is 0 Å². The molecule has 9 nitrogen and oxygen atoms in total. The van der Waals surface area contributed by atoms with Crippen molar-refractivity contribution in [1.82, 2.24) is 5.32 Å². The molecule has 0 aromatic heterocycles. The molecule has 1 aliphatic heterocycles. The maximum absolute atomic E-state index is 13.5. The van der Waals surface area contributed by atoms with Crippen LogP contribution in [0.1, 0.15) is 20.8 Å². The predicted octanol–water partition coefficient (Wildman–Crippen LogP) is 4.43. The summed E-state index contributed by atoms with van der Waals surface area (Å²) in [5, 5.41) is 4.77. The summed E-state index contributed by atoms with van der Waals surface area (Å²) in [7, 11) is -4.14. The number of fused-ring (bicyclic) bond motifs is 1. The molecule has 0 spiro atoms. The number of carbonyl (C=O) groups excluding carboxylic acids is 2. The first-order valence-corrected chi connectivity index (χ1v) is 12.7. The molecule has 0 saturated heterocycles. The van der Waals surface area contributed by atoms with Crippen molar-refractivity contribution in [2.75, 3.05) is 22.7 Å². The van der Waals surface area contributed by atoms with Gasteiger partial charge in [0.25, 0.3) is 10.0 Å². The van der Waals surface area contributed by atoms with Crippen LogP contribution in [-0.2, 0) is 19.6 Å². The van der Waals surface area contributed by atoms with Crippen molar-refractivity contribution >= 4 is 49.3 Å². The molecule has 36 heavy (non-hydrogen) atoms. The Morgan fingerprint density at radius 3 is 2.50 bits per heavy atom. The second kappa shape index (κ2) is 10.2. The Hall–Kier alpha value is -3.00. The highest BCUT2D eigenvalue weighted by Gasteiger charge is 2.51. The maximum atomic E-state index is 13.5. The Balaban J connectivity index is 1.96. The summed E-state index contributed by atoms with van der Waals surface area (Å²) >= 11 is 3.24. The topological polar surface area (TPSA) is 114 Å². The molecule has 2 amide bonds. The maximum Gasteiger partial charge on any atom is 0.427 e. The van der Waals surface area contributed by atoms with Crippen LogP contribution >= 0.6 is 15.9 Å². The quantitative estimate of drug-likeness (QED) is 0.512. The van der Waals surface area contributed by atoms with E-state index in [1.807, 2.05) is 0 Å². The van der Waals surface area contributed by atoms with Crippen LogP contribution in [0.4, 0.5) is 29.3 Å². The van der Waals surface area contributed by atoms with E-state index in [2.05, 4.69) is 31.3 Å². The zero-order valence-electron chi connectivity index (χ0n) is 19.3. The van der Waals surface area contributed by atoms with Gasteiger partial charge >= 0.3 is 12.3 Å². The Bertz CT molecular complexity index is 1270. The van der Waals surface area contributed by atoms with Crippen LogP contribution < -0.4 is 19.7 Å². The van der Waals surface area contributed by atoms with Gasteiger partial charge in [0.1, 0.15) is 11.9 Å². The molecular weight excluding hydrogens is 571 g/mol. The summed E-state index contributed by atoms with van der Waals surface area (Å²) < 4.78 is 78.2. The molecule has 1 atom stereocenters. The fraction of sp³-hybridized carbons (Fsp3) is 0.364. The SMILES string of the molecule is CC(=O)NC[C@H]1CN(S(=O)(=O)c2cccc(Br)c2)c2cc(NC(=O)OC(C)(C)C(F)(F)F)ccc2O1. The molecule has 1 heterocycles. The summed E-state index contributed by atoms with van der Waals surface area (Å²) in [6.07, 6.45) is -6.91. The van der Waals surface area contributed by atoms with E-state index in [4.69, 9.17) is 4.74 Å². The van der Waals surface area contributed by atoms with Gasteiger partial charge in [-0.05, 0) is 50.2 Å². The Kier molecular flexibility index (Phi) is 7.79. The van der Waals surface area contributed by atoms with E-state index in [1.165, 1.54) is 37.3 Å². The number of hydrogen-bond acceptors (Lipinski definition) is 6. The number of anilines is 2. The minimum atomic E-state index is -4.80. The van der Waals surface area contributed by atoms with Gasteiger partial charge in [0.05, 0.1) is 23.7 Å². The van der Waals surface area contributed by atoms with Crippen LogP contribution in [0.3, 0.4) is 0 Å². The van der Waals surface area contributed by atoms with Crippen LogP contribution in [0.15, 0.2) is 51.8 Å². The minimum Gasteiger partial charge on any atom is -0.484 e. The molecule has 196 valence electrons. The number of sulfonamides is 1. The molecule has 1 aliphatic rings. The van der Waals surface area contributed by atoms with Gasteiger partial charge in [0, 0.05) is 17.1 Å². The molecular formula is C22H23BrF3N3O6S. The van der Waals surface area contributed by atoms with Crippen molar-refractivity contribution in [3.8, 4) is 5.75 Å². The number of nitrogens with one attached hydrogen (secondary N) is 2. The first-order valence-electron chi connectivity index (χ1n) is 10.5. The average molecular weight is 594 g/mol. The van der Waals surface area contributed by atoms with E-state index >= 15 is 0 Å². The number of alkyl halides is 3. The molecule has 0 saturated carbocycles. The summed E-state index contributed by atoms with van der Waals surface area (Å²) in [5.41, 5.74) is -2.72. The van der Waals surface area contributed by atoms with E-state index in [0.29, 0.717) is 18.3 Å². The van der Waals surface area contributed by atoms with Gasteiger partial charge in [0.15, 0.2) is 0 Å². The average Bonchev–Trinajstić information content (AvgIpc) is 2.76. The molecule has 3 rings (SSSR count). The molecule has 2 aromatic carbocycles. The van der Waals surface area contributed by atoms with Gasteiger partial charge in [-0.2, -0.15) is 13.2 Å². The lowest BCUT2D eigenvalue weighted by atomic mass is 10.1. The highest BCUT2D eigenvalue weighted by Crippen LogP contribution is 2.39. The van der Waals surface area contributed by atoms with Crippen molar-refractivity contribution in [3.05, 3.63) is 46.9 Å². The summed E-state index contributed by atoms with van der Waals surface area (Å²) in [6, 6.07) is 9.95. The van der Waals surface area contributed by atoms with Crippen LogP contribution in [0.5, 0.6) is 5.75 Å². The number of amides is 2. The highest BCUT2D eigenvalue weighted by molar-refractivity contribution is 9.10. The lowest BCUT2D eigenvalue weighted by Gasteiger charge is -2.36. The monoisotopic (exact) mass is 593 g/mol. The molecule has 0 fully saturated rings. The van der Waals surface area contributed by atoms with Crippen LogP contribution in [0.2, 0.25) is 0 Å². The summed E-state index contributed by atoms with van der Waals surface area (Å²) in [5.74, 6) is -0.199. The van der Waals surface area contributed by atoms with Crippen molar-refractivity contribution < 1.29 is 40.7 Å². The largest absolute Gasteiger partial charge is 0.484 e. The van der Waals surface area contributed by atoms with E-state index in [1.54, 1.807) is 12.1 Å². The molecule has 0 unspecified atom stereocenters. The third kappa shape index (κ3) is 6.22. The second-order valence-electron chi connectivity index (χ2n) is 8.38. The Morgan fingerprint density at radius 2 is 1.89 bits per heavy atom. The third-order valence-corrected chi connectivity index (χ3v) is 7.40. The van der Waals surface area contributed by atoms with E-state index in [9.17, 15) is 31.2 Å². The lowest BCUT2D eigenvalue weighted by molar-refractivity contribution is -0.242. The minimum absolute atomic E-state index is 0.0184. The van der Waals surface area contributed by atoms with Crippen molar-refractivity contribution in [2.45, 2.75) is 43.5 Å². The number of benzene rings is 2. The standard InChI is InChI=1S/C22H23BrF3N3O6S/c1-13(30)27-11-16-12-29(36(32,33)17-6-4-5-14(23)9-17)18-10-15(7-8-19(18)34-16)28-20(31)35-21(2,3)22(24,25)26/h4-10,16H,11-12H2,1-3H3,(H,27,30)(H,28,31)/t16-/m0/s1. The molecule has 2 aromatic rings. The zero-order chi connectivity index (χ0) is 26.9. The van der Waals surface area contributed by atoms with Gasteiger partial charge in [-0.1, -0.05) is 22.0 Å². The first kappa shape index (κ1) is 27.6. The number of nitrogens with zero attached hydrogens (tertiary/aromatic N) is 1. The fourth-order valence-corrected chi connectivity index (χ4v) is 5.26. The Labute approximate surface area is 214 Å². The van der Waals surface area contributed by atoms with Gasteiger partial charge in [-0.15, -0.1) is 0 Å². The van der Waals surface area contributed by atoms with Gasteiger partial charge in [-0.3, -0.25) is 14.4 Å². The lowest BCUT2D eigenvalue weighted by Crippen LogP contribution is -2.48. The first-order chi connectivity index (χ1) is 16.6. The third-order valence-electron chi connectivity index (χ3n) is 5.13. The van der Waals surface area contributed by atoms with E-state index in [0.717, 1.165) is 4.31 Å². The second-order valence-corrected chi connectivity index (χ2v) is 11.2. The highest BCUT2D eigenvalue weighted by atomic mass is 79.9. The Morgan fingerprint density at radius 1 is 1.19 bits per heavy atom. The van der Waals surface area contributed by atoms with E-state index in [-0.39, 0.29) is 41.0 Å². The number of ether oxygens (including phenoxy) is 2. The number of rotatable bonds is 6. The van der Waals surface area contributed by atoms with Crippen molar-refractivity contribution in [2.24, 2.45) is 0 Å². The van der Waals surface area contributed by atoms with Crippen LogP contribution in [-0.4, -0.2) is 51.4 Å². The van der Waals surface area contributed by atoms with Crippen LogP contribution in [0.25, 0.3) is 0 Å². The summed E-state index contributed by atoms with van der Waals surface area (Å²) in [6.45, 7) is 2.56. The fourth-order valence-electron chi connectivity index (χ4n) is 3.17. The smallest absolute Gasteiger partial charge is 0.427 e. The van der Waals surface area contributed by atoms with Crippen LogP contribution in [0, 0.1) is 0 Å². The normalized spacial score (nSPS) is 16.0. The van der Waals surface area contributed by atoms with Gasteiger partial charge in [-0.25, -0.2) is 13.2 Å². The molecule has 14 heteroatoms. The van der Waals surface area contributed by atoms with Gasteiger partial charge < -0.3 is 14.8 Å². The van der Waals surface area contributed by atoms with E-state index < -0.39 is 34.0 Å². The number of hydrogen-bond donors (Lipinski definition) is 2. The molecule has 0 bridgehead atoms. The molecule has 0 radical (unpaired) electrons. The number of halogens is 4. The zero-order valence-corrected chi connectivity index (χ0v) is 21.8. The predicted molar refractivity (Wildman–Crippen MR) is 128 cm³/mol. The van der Waals surface area contributed by atoms with Gasteiger partial charge in [0.2, 0.25) is 11.5 Å². The molecule has 0 aliphatic carbocycles.